The summed E-state index contributed by atoms with van der Waals surface area (Å²) in [7, 11) is 0. The Kier molecular flexibility index (Phi) is 4.06. The fraction of sp³-hybridized carbons (Fsp3) is 0.300. The smallest absolute Gasteiger partial charge is 0.381 e. The average Bonchev–Trinajstić information content (AvgIpc) is 2.24. The monoisotopic (exact) mass is 268 g/mol. The van der Waals surface area contributed by atoms with Gasteiger partial charge in [0, 0.05) is 18.7 Å². The van der Waals surface area contributed by atoms with E-state index in [9.17, 15) is 26.3 Å². The standard InChI is InChI=1S/C10H6F6N2/c11-6-1-8(13)9(2-7(6)12)18-4-5(3-17)10(14,15)16/h1-2,5,18H,4H2. The van der Waals surface area contributed by atoms with Gasteiger partial charge in [-0.05, 0) is 0 Å². The predicted octanol–water partition coefficient (Wildman–Crippen LogP) is 3.22. The first kappa shape index (κ1) is 14.2. The average molecular weight is 268 g/mol. The Balaban J connectivity index is 2.81. The Hall–Kier alpha value is -1.91. The number of halogens is 6. The molecule has 1 N–H and O–H groups in total. The number of nitrogens with zero attached hydrogens (tertiary/aromatic N) is 1. The van der Waals surface area contributed by atoms with E-state index >= 15 is 0 Å². The number of nitrogens with one attached hydrogen (secondary N) is 1. The maximum Gasteiger partial charge on any atom is 0.406 e. The Morgan fingerprint density at radius 3 is 2.17 bits per heavy atom. The lowest BCUT2D eigenvalue weighted by atomic mass is 10.1. The van der Waals surface area contributed by atoms with Gasteiger partial charge >= 0.3 is 6.18 Å². The van der Waals surface area contributed by atoms with E-state index in [-0.39, 0.29) is 6.07 Å². The van der Waals surface area contributed by atoms with Crippen LogP contribution in [0, 0.1) is 34.7 Å². The summed E-state index contributed by atoms with van der Waals surface area (Å²) in [5, 5.41) is 10.2. The predicted molar refractivity (Wildman–Crippen MR) is 50.0 cm³/mol. The normalized spacial score (nSPS) is 12.9. The van der Waals surface area contributed by atoms with E-state index in [0.717, 1.165) is 6.07 Å². The molecule has 0 amide bonds. The van der Waals surface area contributed by atoms with Crippen LogP contribution in [0.3, 0.4) is 0 Å². The maximum absolute atomic E-state index is 13.0. The summed E-state index contributed by atoms with van der Waals surface area (Å²) in [6, 6.07) is 1.57. The van der Waals surface area contributed by atoms with Crippen LogP contribution in [0.2, 0.25) is 0 Å². The molecule has 0 fully saturated rings. The fourth-order valence-electron chi connectivity index (χ4n) is 1.10. The third-order valence-electron chi connectivity index (χ3n) is 2.06. The highest BCUT2D eigenvalue weighted by molar-refractivity contribution is 5.45. The van der Waals surface area contributed by atoms with Crippen LogP contribution in [0.25, 0.3) is 0 Å². The quantitative estimate of drug-likeness (QED) is 0.675. The molecule has 98 valence electrons. The maximum atomic E-state index is 13.0. The molecule has 1 aromatic carbocycles. The SMILES string of the molecule is N#CC(CNc1cc(F)c(F)cc1F)C(F)(F)F. The van der Waals surface area contributed by atoms with Crippen molar-refractivity contribution in [1.29, 1.82) is 5.26 Å². The Morgan fingerprint density at radius 2 is 1.67 bits per heavy atom. The minimum Gasteiger partial charge on any atom is -0.381 e. The van der Waals surface area contributed by atoms with Gasteiger partial charge in [-0.15, -0.1) is 0 Å². The van der Waals surface area contributed by atoms with Crippen molar-refractivity contribution < 1.29 is 26.3 Å². The van der Waals surface area contributed by atoms with Crippen molar-refractivity contribution in [3.05, 3.63) is 29.6 Å². The summed E-state index contributed by atoms with van der Waals surface area (Å²) in [4.78, 5) is 0. The van der Waals surface area contributed by atoms with Crippen LogP contribution >= 0.6 is 0 Å². The summed E-state index contributed by atoms with van der Waals surface area (Å²) >= 11 is 0. The molecule has 0 aliphatic heterocycles. The second-order valence-corrected chi connectivity index (χ2v) is 3.35. The van der Waals surface area contributed by atoms with E-state index in [4.69, 9.17) is 5.26 Å². The van der Waals surface area contributed by atoms with Gasteiger partial charge in [-0.2, -0.15) is 18.4 Å². The van der Waals surface area contributed by atoms with Gasteiger partial charge in [0.1, 0.15) is 5.82 Å². The highest BCUT2D eigenvalue weighted by Gasteiger charge is 2.39. The van der Waals surface area contributed by atoms with Gasteiger partial charge in [0.2, 0.25) is 0 Å². The van der Waals surface area contributed by atoms with Crippen molar-refractivity contribution in [2.24, 2.45) is 5.92 Å². The number of nitriles is 1. The van der Waals surface area contributed by atoms with Gasteiger partial charge in [0.15, 0.2) is 17.6 Å². The van der Waals surface area contributed by atoms with E-state index in [1.54, 1.807) is 0 Å². The zero-order valence-corrected chi connectivity index (χ0v) is 8.65. The topological polar surface area (TPSA) is 35.8 Å². The van der Waals surface area contributed by atoms with Crippen molar-refractivity contribution >= 4 is 5.69 Å². The number of rotatable bonds is 3. The van der Waals surface area contributed by atoms with Crippen molar-refractivity contribution in [1.82, 2.24) is 0 Å². The first-order valence-electron chi connectivity index (χ1n) is 4.60. The fourth-order valence-corrected chi connectivity index (χ4v) is 1.10. The molecule has 0 bridgehead atoms. The van der Waals surface area contributed by atoms with Gasteiger partial charge in [-0.25, -0.2) is 13.2 Å². The molecular weight excluding hydrogens is 262 g/mol. The van der Waals surface area contributed by atoms with Crippen LogP contribution in [-0.2, 0) is 0 Å². The summed E-state index contributed by atoms with van der Waals surface area (Å²) < 4.78 is 74.8. The Labute approximate surface area is 97.8 Å². The van der Waals surface area contributed by atoms with E-state index < -0.39 is 41.8 Å². The van der Waals surface area contributed by atoms with Crippen LogP contribution in [-0.4, -0.2) is 12.7 Å². The zero-order valence-electron chi connectivity index (χ0n) is 8.65. The first-order chi connectivity index (χ1) is 8.25. The molecule has 18 heavy (non-hydrogen) atoms. The molecule has 0 radical (unpaired) electrons. The minimum absolute atomic E-state index is 0.201. The number of hydrogen-bond donors (Lipinski definition) is 1. The third-order valence-corrected chi connectivity index (χ3v) is 2.06. The third kappa shape index (κ3) is 3.29. The molecule has 1 atom stereocenters. The molecule has 0 heterocycles. The van der Waals surface area contributed by atoms with Crippen molar-refractivity contribution in [3.63, 3.8) is 0 Å². The number of alkyl halides is 3. The van der Waals surface area contributed by atoms with Crippen LogP contribution in [0.1, 0.15) is 0 Å². The van der Waals surface area contributed by atoms with Crippen LogP contribution in [0.5, 0.6) is 0 Å². The lowest BCUT2D eigenvalue weighted by Gasteiger charge is -2.15. The second-order valence-electron chi connectivity index (χ2n) is 3.35. The highest BCUT2D eigenvalue weighted by atomic mass is 19.4. The van der Waals surface area contributed by atoms with E-state index in [1.807, 2.05) is 5.32 Å². The van der Waals surface area contributed by atoms with Crippen LogP contribution < -0.4 is 5.32 Å². The zero-order chi connectivity index (χ0) is 13.9. The first-order valence-corrected chi connectivity index (χ1v) is 4.60. The molecule has 0 aromatic heterocycles. The van der Waals surface area contributed by atoms with Crippen molar-refractivity contribution in [2.75, 3.05) is 11.9 Å². The minimum atomic E-state index is -4.78. The number of benzene rings is 1. The van der Waals surface area contributed by atoms with Crippen molar-refractivity contribution in [2.45, 2.75) is 6.18 Å². The van der Waals surface area contributed by atoms with Gasteiger partial charge < -0.3 is 5.32 Å². The Bertz CT molecular complexity index is 476. The molecule has 0 saturated carbocycles. The summed E-state index contributed by atoms with van der Waals surface area (Å²) in [5.41, 5.74) is -0.640. The van der Waals surface area contributed by atoms with Crippen LogP contribution in [0.15, 0.2) is 12.1 Å². The molecular formula is C10H6F6N2. The number of anilines is 1. The van der Waals surface area contributed by atoms with E-state index in [0.29, 0.717) is 6.07 Å². The summed E-state index contributed by atoms with van der Waals surface area (Å²) in [5.74, 6) is -6.47. The molecule has 0 saturated heterocycles. The number of hydrogen-bond acceptors (Lipinski definition) is 2. The molecule has 1 rings (SSSR count). The summed E-state index contributed by atoms with van der Waals surface area (Å²) in [6.07, 6.45) is -4.78. The highest BCUT2D eigenvalue weighted by Crippen LogP contribution is 2.26. The molecule has 1 aromatic rings. The second kappa shape index (κ2) is 5.16. The van der Waals surface area contributed by atoms with Crippen molar-refractivity contribution in [3.8, 4) is 6.07 Å². The molecule has 2 nitrogen and oxygen atoms in total. The van der Waals surface area contributed by atoms with Gasteiger partial charge in [-0.1, -0.05) is 0 Å². The molecule has 1 unspecified atom stereocenters. The van der Waals surface area contributed by atoms with E-state index in [1.165, 1.54) is 0 Å². The molecule has 0 spiro atoms. The summed E-state index contributed by atoms with van der Waals surface area (Å²) in [6.45, 7) is -0.956. The van der Waals surface area contributed by atoms with Crippen LogP contribution in [0.4, 0.5) is 32.0 Å². The molecule has 0 aliphatic carbocycles. The lowest BCUT2D eigenvalue weighted by molar-refractivity contribution is -0.155. The lowest BCUT2D eigenvalue weighted by Crippen LogP contribution is -2.28. The largest absolute Gasteiger partial charge is 0.406 e. The van der Waals surface area contributed by atoms with Gasteiger partial charge in [-0.3, -0.25) is 0 Å². The van der Waals surface area contributed by atoms with Gasteiger partial charge in [0.25, 0.3) is 0 Å². The van der Waals surface area contributed by atoms with Gasteiger partial charge in [0.05, 0.1) is 11.8 Å². The Morgan fingerprint density at radius 1 is 1.11 bits per heavy atom. The molecule has 0 aliphatic rings. The molecule has 8 heteroatoms. The van der Waals surface area contributed by atoms with E-state index in [2.05, 4.69) is 0 Å².